The van der Waals surface area contributed by atoms with Gasteiger partial charge in [-0.2, -0.15) is 5.10 Å². The third kappa shape index (κ3) is 4.34. The highest BCUT2D eigenvalue weighted by molar-refractivity contribution is 6.36. The summed E-state index contributed by atoms with van der Waals surface area (Å²) in [6.45, 7) is 0.421. The van der Waals surface area contributed by atoms with E-state index in [1.165, 1.54) is 6.20 Å². The number of rotatable bonds is 5. The van der Waals surface area contributed by atoms with Crippen molar-refractivity contribution in [2.45, 2.75) is 6.42 Å². The molecule has 1 amide bonds. The van der Waals surface area contributed by atoms with Crippen molar-refractivity contribution in [2.75, 3.05) is 6.54 Å². The number of halogens is 3. The van der Waals surface area contributed by atoms with Gasteiger partial charge < -0.3 is 5.32 Å². The highest BCUT2D eigenvalue weighted by Gasteiger charge is 2.11. The Labute approximate surface area is 160 Å². The number of aromatic nitrogens is 2. The molecule has 0 radical (unpaired) electrons. The van der Waals surface area contributed by atoms with Crippen molar-refractivity contribution in [3.05, 3.63) is 81.1 Å². The van der Waals surface area contributed by atoms with Crippen LogP contribution in [0.25, 0.3) is 5.69 Å². The monoisotopic (exact) mass is 393 g/mol. The van der Waals surface area contributed by atoms with Gasteiger partial charge in [0.2, 0.25) is 0 Å². The number of carbonyl (C=O) groups is 1. The highest BCUT2D eigenvalue weighted by Crippen LogP contribution is 2.24. The van der Waals surface area contributed by atoms with E-state index in [2.05, 4.69) is 10.4 Å². The van der Waals surface area contributed by atoms with E-state index in [0.29, 0.717) is 33.6 Å². The molecule has 0 unspecified atom stereocenters. The Balaban J connectivity index is 1.63. The van der Waals surface area contributed by atoms with Crippen LogP contribution in [-0.2, 0) is 6.42 Å². The number of nitrogens with zero attached hydrogens (tertiary/aromatic N) is 2. The van der Waals surface area contributed by atoms with E-state index in [1.807, 2.05) is 12.1 Å². The van der Waals surface area contributed by atoms with Gasteiger partial charge in [0.15, 0.2) is 0 Å². The Morgan fingerprint density at radius 1 is 1.08 bits per heavy atom. The number of hydrogen-bond donors (Lipinski definition) is 1. The SMILES string of the molecule is O=C(NCCc1c(Cl)cccc1Cl)c1cnn(-c2cccc(Cl)c2)c1. The molecule has 0 fully saturated rings. The minimum Gasteiger partial charge on any atom is -0.352 e. The van der Waals surface area contributed by atoms with Gasteiger partial charge >= 0.3 is 0 Å². The molecule has 1 aromatic heterocycles. The molecular weight excluding hydrogens is 381 g/mol. The van der Waals surface area contributed by atoms with E-state index in [-0.39, 0.29) is 5.91 Å². The second-order valence-electron chi connectivity index (χ2n) is 5.36. The van der Waals surface area contributed by atoms with Crippen LogP contribution in [-0.4, -0.2) is 22.2 Å². The van der Waals surface area contributed by atoms with Crippen molar-refractivity contribution < 1.29 is 4.79 Å². The van der Waals surface area contributed by atoms with Crippen molar-refractivity contribution in [2.24, 2.45) is 0 Å². The maximum atomic E-state index is 12.3. The van der Waals surface area contributed by atoms with E-state index in [4.69, 9.17) is 34.8 Å². The molecule has 0 saturated carbocycles. The fourth-order valence-electron chi connectivity index (χ4n) is 2.37. The molecular formula is C18H14Cl3N3O. The quantitative estimate of drug-likeness (QED) is 0.675. The Morgan fingerprint density at radius 3 is 2.52 bits per heavy atom. The lowest BCUT2D eigenvalue weighted by molar-refractivity contribution is 0.0954. The van der Waals surface area contributed by atoms with Crippen molar-refractivity contribution in [3.63, 3.8) is 0 Å². The zero-order valence-electron chi connectivity index (χ0n) is 13.0. The average Bonchev–Trinajstić information content (AvgIpc) is 3.07. The number of benzene rings is 2. The molecule has 1 N–H and O–H groups in total. The van der Waals surface area contributed by atoms with Gasteiger partial charge in [0, 0.05) is 27.8 Å². The molecule has 4 nitrogen and oxygen atoms in total. The summed E-state index contributed by atoms with van der Waals surface area (Å²) in [5.41, 5.74) is 2.07. The van der Waals surface area contributed by atoms with Crippen molar-refractivity contribution in [3.8, 4) is 5.69 Å². The Morgan fingerprint density at radius 2 is 1.80 bits per heavy atom. The van der Waals surface area contributed by atoms with Crippen LogP contribution in [0.15, 0.2) is 54.9 Å². The van der Waals surface area contributed by atoms with Gasteiger partial charge in [-0.05, 0) is 42.3 Å². The van der Waals surface area contributed by atoms with E-state index in [1.54, 1.807) is 41.2 Å². The van der Waals surface area contributed by atoms with Crippen LogP contribution in [0.1, 0.15) is 15.9 Å². The topological polar surface area (TPSA) is 46.9 Å². The molecule has 0 aliphatic rings. The lowest BCUT2D eigenvalue weighted by Gasteiger charge is -2.07. The zero-order valence-corrected chi connectivity index (χ0v) is 15.3. The van der Waals surface area contributed by atoms with Gasteiger partial charge in [-0.1, -0.05) is 46.9 Å². The third-order valence-electron chi connectivity index (χ3n) is 3.64. The van der Waals surface area contributed by atoms with Crippen molar-refractivity contribution in [1.82, 2.24) is 15.1 Å². The number of amides is 1. The Kier molecular flexibility index (Phi) is 5.63. The molecule has 3 aromatic rings. The predicted octanol–water partition coefficient (Wildman–Crippen LogP) is 4.81. The minimum atomic E-state index is -0.212. The van der Waals surface area contributed by atoms with E-state index in [9.17, 15) is 4.79 Å². The van der Waals surface area contributed by atoms with Crippen LogP contribution in [0.2, 0.25) is 15.1 Å². The summed E-state index contributed by atoms with van der Waals surface area (Å²) in [4.78, 5) is 12.3. The van der Waals surface area contributed by atoms with Crippen LogP contribution in [0.3, 0.4) is 0 Å². The molecule has 25 heavy (non-hydrogen) atoms. The standard InChI is InChI=1S/C18H14Cl3N3O/c19-13-3-1-4-14(9-13)24-11-12(10-23-24)18(25)22-8-7-15-16(20)5-2-6-17(15)21/h1-6,9-11H,7-8H2,(H,22,25). The number of carbonyl (C=O) groups excluding carboxylic acids is 1. The molecule has 7 heteroatoms. The fourth-order valence-corrected chi connectivity index (χ4v) is 3.15. The second-order valence-corrected chi connectivity index (χ2v) is 6.61. The summed E-state index contributed by atoms with van der Waals surface area (Å²) >= 11 is 18.2. The lowest BCUT2D eigenvalue weighted by atomic mass is 10.1. The second kappa shape index (κ2) is 7.91. The van der Waals surface area contributed by atoms with Gasteiger partial charge in [0.1, 0.15) is 0 Å². The molecule has 2 aromatic carbocycles. The average molecular weight is 395 g/mol. The van der Waals surface area contributed by atoms with Crippen LogP contribution in [0.4, 0.5) is 0 Å². The smallest absolute Gasteiger partial charge is 0.254 e. The molecule has 0 aliphatic heterocycles. The van der Waals surface area contributed by atoms with Crippen LogP contribution in [0, 0.1) is 0 Å². The van der Waals surface area contributed by atoms with Gasteiger partial charge in [-0.15, -0.1) is 0 Å². The summed E-state index contributed by atoms with van der Waals surface area (Å²) < 4.78 is 1.60. The van der Waals surface area contributed by atoms with Crippen molar-refractivity contribution in [1.29, 1.82) is 0 Å². The number of nitrogens with one attached hydrogen (secondary N) is 1. The largest absolute Gasteiger partial charge is 0.352 e. The van der Waals surface area contributed by atoms with Crippen LogP contribution >= 0.6 is 34.8 Å². The first-order valence-electron chi connectivity index (χ1n) is 7.56. The predicted molar refractivity (Wildman–Crippen MR) is 101 cm³/mol. The number of hydrogen-bond acceptors (Lipinski definition) is 2. The fraction of sp³-hybridized carbons (Fsp3) is 0.111. The third-order valence-corrected chi connectivity index (χ3v) is 4.58. The molecule has 0 atom stereocenters. The molecule has 1 heterocycles. The molecule has 0 bridgehead atoms. The van der Waals surface area contributed by atoms with Gasteiger partial charge in [0.25, 0.3) is 5.91 Å². The summed E-state index contributed by atoms with van der Waals surface area (Å²) in [7, 11) is 0. The van der Waals surface area contributed by atoms with Crippen LogP contribution in [0.5, 0.6) is 0 Å². The molecule has 128 valence electrons. The lowest BCUT2D eigenvalue weighted by Crippen LogP contribution is -2.25. The first kappa shape index (κ1) is 17.8. The van der Waals surface area contributed by atoms with Gasteiger partial charge in [-0.3, -0.25) is 4.79 Å². The summed E-state index contributed by atoms with van der Waals surface area (Å²) in [5, 5.41) is 8.83. The summed E-state index contributed by atoms with van der Waals surface area (Å²) in [5.74, 6) is -0.212. The van der Waals surface area contributed by atoms with E-state index < -0.39 is 0 Å². The summed E-state index contributed by atoms with van der Waals surface area (Å²) in [6.07, 6.45) is 3.72. The van der Waals surface area contributed by atoms with Gasteiger partial charge in [0.05, 0.1) is 17.4 Å². The summed E-state index contributed by atoms with van der Waals surface area (Å²) in [6, 6.07) is 12.6. The molecule has 3 rings (SSSR count). The normalized spacial score (nSPS) is 10.7. The highest BCUT2D eigenvalue weighted by atomic mass is 35.5. The molecule has 0 saturated heterocycles. The molecule has 0 aliphatic carbocycles. The molecule has 0 spiro atoms. The first-order chi connectivity index (χ1) is 12.0. The van der Waals surface area contributed by atoms with Crippen LogP contribution < -0.4 is 5.32 Å². The Hall–Kier alpha value is -2.01. The minimum absolute atomic E-state index is 0.212. The maximum Gasteiger partial charge on any atom is 0.254 e. The Bertz CT molecular complexity index is 888. The first-order valence-corrected chi connectivity index (χ1v) is 8.69. The van der Waals surface area contributed by atoms with Gasteiger partial charge in [-0.25, -0.2) is 4.68 Å². The van der Waals surface area contributed by atoms with E-state index >= 15 is 0 Å². The maximum absolute atomic E-state index is 12.3. The van der Waals surface area contributed by atoms with Crippen molar-refractivity contribution >= 4 is 40.7 Å². The van der Waals surface area contributed by atoms with E-state index in [0.717, 1.165) is 11.3 Å². The zero-order chi connectivity index (χ0) is 17.8.